The van der Waals surface area contributed by atoms with Crippen LogP contribution in [0.15, 0.2) is 4.99 Å². The van der Waals surface area contributed by atoms with Crippen LogP contribution in [0.5, 0.6) is 0 Å². The minimum atomic E-state index is -0.527. The number of aliphatic imine (C=N–C) groups is 1. The molecule has 0 heterocycles. The average Bonchev–Trinajstić information content (AvgIpc) is 2.43. The summed E-state index contributed by atoms with van der Waals surface area (Å²) in [4.78, 5) is 4.60. The number of nitrogens with zero attached hydrogens (tertiary/aromatic N) is 1. The highest BCUT2D eigenvalue weighted by atomic mass is 16.3. The summed E-state index contributed by atoms with van der Waals surface area (Å²) in [5, 5.41) is 17.0. The molecule has 0 saturated heterocycles. The van der Waals surface area contributed by atoms with Crippen molar-refractivity contribution >= 4 is 5.96 Å². The summed E-state index contributed by atoms with van der Waals surface area (Å²) in [6.45, 7) is 5.78. The molecule has 2 fully saturated rings. The van der Waals surface area contributed by atoms with Gasteiger partial charge in [0.2, 0.25) is 0 Å². The van der Waals surface area contributed by atoms with E-state index in [2.05, 4.69) is 29.5 Å². The number of guanidine groups is 1. The maximum atomic E-state index is 10.2. The Morgan fingerprint density at radius 3 is 2.65 bits per heavy atom. The van der Waals surface area contributed by atoms with Crippen molar-refractivity contribution in [2.45, 2.75) is 76.9 Å². The van der Waals surface area contributed by atoms with Gasteiger partial charge in [-0.3, -0.25) is 4.99 Å². The summed E-state index contributed by atoms with van der Waals surface area (Å²) in [5.41, 5.74) is -0.527. The average molecular weight is 281 g/mol. The van der Waals surface area contributed by atoms with Gasteiger partial charge < -0.3 is 15.7 Å². The van der Waals surface area contributed by atoms with Gasteiger partial charge in [-0.2, -0.15) is 0 Å². The molecule has 116 valence electrons. The first-order valence-electron chi connectivity index (χ1n) is 8.42. The molecular weight excluding hydrogens is 250 g/mol. The molecule has 2 aliphatic rings. The zero-order valence-electron chi connectivity index (χ0n) is 13.1. The fourth-order valence-corrected chi connectivity index (χ4v) is 3.28. The van der Waals surface area contributed by atoms with Crippen LogP contribution in [0.1, 0.15) is 65.2 Å². The van der Waals surface area contributed by atoms with Crippen LogP contribution in [0.25, 0.3) is 0 Å². The predicted octanol–water partition coefficient (Wildman–Crippen LogP) is 2.43. The Morgan fingerprint density at radius 2 is 2.05 bits per heavy atom. The Balaban J connectivity index is 1.85. The molecule has 2 unspecified atom stereocenters. The molecule has 4 nitrogen and oxygen atoms in total. The Labute approximate surface area is 123 Å². The Bertz CT molecular complexity index is 326. The zero-order chi connectivity index (χ0) is 14.4. The molecule has 0 aromatic rings. The molecule has 0 amide bonds. The summed E-state index contributed by atoms with van der Waals surface area (Å²) in [6, 6.07) is 0.544. The molecule has 3 N–H and O–H groups in total. The van der Waals surface area contributed by atoms with Gasteiger partial charge in [-0.05, 0) is 44.9 Å². The highest BCUT2D eigenvalue weighted by Gasteiger charge is 2.34. The zero-order valence-corrected chi connectivity index (χ0v) is 13.1. The van der Waals surface area contributed by atoms with E-state index in [0.29, 0.717) is 12.6 Å². The molecule has 0 aromatic heterocycles. The van der Waals surface area contributed by atoms with Gasteiger partial charge >= 0.3 is 0 Å². The van der Waals surface area contributed by atoms with Crippen molar-refractivity contribution in [3.63, 3.8) is 0 Å². The molecule has 0 aliphatic heterocycles. The first-order valence-corrected chi connectivity index (χ1v) is 8.42. The first kappa shape index (κ1) is 15.6. The maximum absolute atomic E-state index is 10.2. The van der Waals surface area contributed by atoms with Crippen molar-refractivity contribution in [1.82, 2.24) is 10.6 Å². The molecule has 0 spiro atoms. The van der Waals surface area contributed by atoms with E-state index in [1.165, 1.54) is 32.1 Å². The SMILES string of the molecule is CCNC(=NCC1(O)CCC1)NC1CCCC(CC)C1. The van der Waals surface area contributed by atoms with E-state index in [4.69, 9.17) is 0 Å². The van der Waals surface area contributed by atoms with Crippen LogP contribution in [0.4, 0.5) is 0 Å². The molecule has 0 aromatic carbocycles. The maximum Gasteiger partial charge on any atom is 0.191 e. The van der Waals surface area contributed by atoms with Crippen molar-refractivity contribution in [3.05, 3.63) is 0 Å². The number of rotatable bonds is 5. The number of hydrogen-bond donors (Lipinski definition) is 3. The fraction of sp³-hybridized carbons (Fsp3) is 0.938. The van der Waals surface area contributed by atoms with E-state index in [1.807, 2.05) is 0 Å². The molecular formula is C16H31N3O. The van der Waals surface area contributed by atoms with Crippen LogP contribution < -0.4 is 10.6 Å². The second kappa shape index (κ2) is 7.30. The van der Waals surface area contributed by atoms with Crippen molar-refractivity contribution in [2.75, 3.05) is 13.1 Å². The molecule has 20 heavy (non-hydrogen) atoms. The summed E-state index contributed by atoms with van der Waals surface area (Å²) < 4.78 is 0. The van der Waals surface area contributed by atoms with Gasteiger partial charge in [-0.1, -0.05) is 26.2 Å². The number of hydrogen-bond acceptors (Lipinski definition) is 2. The molecule has 4 heteroatoms. The quantitative estimate of drug-likeness (QED) is 0.536. The van der Waals surface area contributed by atoms with E-state index in [9.17, 15) is 5.11 Å². The third kappa shape index (κ3) is 4.37. The Morgan fingerprint density at radius 1 is 1.25 bits per heavy atom. The van der Waals surface area contributed by atoms with E-state index < -0.39 is 5.60 Å². The predicted molar refractivity (Wildman–Crippen MR) is 84.0 cm³/mol. The molecule has 2 atom stereocenters. The third-order valence-corrected chi connectivity index (χ3v) is 4.86. The summed E-state index contributed by atoms with van der Waals surface area (Å²) >= 11 is 0. The molecule has 0 radical (unpaired) electrons. The van der Waals surface area contributed by atoms with Crippen molar-refractivity contribution in [2.24, 2.45) is 10.9 Å². The highest BCUT2D eigenvalue weighted by molar-refractivity contribution is 5.80. The third-order valence-electron chi connectivity index (χ3n) is 4.86. The second-order valence-corrected chi connectivity index (χ2v) is 6.56. The second-order valence-electron chi connectivity index (χ2n) is 6.56. The van der Waals surface area contributed by atoms with Gasteiger partial charge in [0.05, 0.1) is 12.1 Å². The highest BCUT2D eigenvalue weighted by Crippen LogP contribution is 2.31. The van der Waals surface area contributed by atoms with Gasteiger partial charge in [0, 0.05) is 12.6 Å². The number of aliphatic hydroxyl groups is 1. The monoisotopic (exact) mass is 281 g/mol. The molecule has 0 bridgehead atoms. The Hall–Kier alpha value is -0.770. The van der Waals surface area contributed by atoms with Crippen molar-refractivity contribution < 1.29 is 5.11 Å². The van der Waals surface area contributed by atoms with Crippen LogP contribution in [-0.4, -0.2) is 35.8 Å². The van der Waals surface area contributed by atoms with Gasteiger partial charge in [0.15, 0.2) is 5.96 Å². The lowest BCUT2D eigenvalue weighted by Crippen LogP contribution is -2.47. The van der Waals surface area contributed by atoms with E-state index in [-0.39, 0.29) is 0 Å². The summed E-state index contributed by atoms with van der Waals surface area (Å²) in [5.74, 6) is 1.74. The van der Waals surface area contributed by atoms with E-state index in [0.717, 1.165) is 37.7 Å². The van der Waals surface area contributed by atoms with Crippen LogP contribution in [0.3, 0.4) is 0 Å². The molecule has 2 aliphatic carbocycles. The van der Waals surface area contributed by atoms with Crippen LogP contribution in [-0.2, 0) is 0 Å². The van der Waals surface area contributed by atoms with Crippen LogP contribution in [0.2, 0.25) is 0 Å². The lowest BCUT2D eigenvalue weighted by atomic mass is 9.80. The van der Waals surface area contributed by atoms with Crippen LogP contribution >= 0.6 is 0 Å². The largest absolute Gasteiger partial charge is 0.388 e. The summed E-state index contributed by atoms with van der Waals surface area (Å²) in [7, 11) is 0. The lowest BCUT2D eigenvalue weighted by Gasteiger charge is -2.35. The smallest absolute Gasteiger partial charge is 0.191 e. The van der Waals surface area contributed by atoms with Crippen molar-refractivity contribution in [1.29, 1.82) is 0 Å². The van der Waals surface area contributed by atoms with Crippen molar-refractivity contribution in [3.8, 4) is 0 Å². The lowest BCUT2D eigenvalue weighted by molar-refractivity contribution is -0.0236. The fourth-order valence-electron chi connectivity index (χ4n) is 3.28. The topological polar surface area (TPSA) is 56.7 Å². The van der Waals surface area contributed by atoms with Gasteiger partial charge in [0.1, 0.15) is 0 Å². The standard InChI is InChI=1S/C16H31N3O/c1-3-13-7-5-8-14(11-13)19-15(17-4-2)18-12-16(20)9-6-10-16/h13-14,20H,3-12H2,1-2H3,(H2,17,18,19). The molecule has 2 rings (SSSR count). The minimum absolute atomic E-state index is 0.527. The summed E-state index contributed by atoms with van der Waals surface area (Å²) in [6.07, 6.45) is 9.41. The first-order chi connectivity index (χ1) is 9.65. The van der Waals surface area contributed by atoms with Crippen LogP contribution in [0, 0.1) is 5.92 Å². The minimum Gasteiger partial charge on any atom is -0.388 e. The van der Waals surface area contributed by atoms with E-state index in [1.54, 1.807) is 0 Å². The Kier molecular flexibility index (Phi) is 5.70. The molecule has 2 saturated carbocycles. The van der Waals surface area contributed by atoms with Gasteiger partial charge in [-0.25, -0.2) is 0 Å². The normalized spacial score (nSPS) is 29.6. The number of nitrogens with one attached hydrogen (secondary N) is 2. The van der Waals surface area contributed by atoms with Gasteiger partial charge in [-0.15, -0.1) is 0 Å². The van der Waals surface area contributed by atoms with Gasteiger partial charge in [0.25, 0.3) is 0 Å². The van der Waals surface area contributed by atoms with E-state index >= 15 is 0 Å².